The molecule has 0 saturated carbocycles. The molecular weight excluding hydrogens is 267 g/mol. The van der Waals surface area contributed by atoms with Gasteiger partial charge in [0.1, 0.15) is 11.6 Å². The van der Waals surface area contributed by atoms with Gasteiger partial charge in [-0.1, -0.05) is 13.0 Å². The first-order valence-electron chi connectivity index (χ1n) is 6.55. The van der Waals surface area contributed by atoms with Crippen molar-refractivity contribution in [3.05, 3.63) is 29.6 Å². The Labute approximate surface area is 120 Å². The number of hydrogen-bond acceptors (Lipinski definition) is 3. The number of rotatable bonds is 4. The van der Waals surface area contributed by atoms with Gasteiger partial charge in [0, 0.05) is 37.8 Å². The highest BCUT2D eigenvalue weighted by molar-refractivity contribution is 5.85. The molecule has 0 radical (unpaired) electrons. The van der Waals surface area contributed by atoms with Gasteiger partial charge in [0.15, 0.2) is 0 Å². The lowest BCUT2D eigenvalue weighted by Crippen LogP contribution is -2.45. The maximum Gasteiger partial charge on any atom is 0.131 e. The first-order valence-corrected chi connectivity index (χ1v) is 6.55. The summed E-state index contributed by atoms with van der Waals surface area (Å²) in [5.41, 5.74) is 0.699. The van der Waals surface area contributed by atoms with Crippen molar-refractivity contribution in [3.8, 4) is 5.75 Å². The summed E-state index contributed by atoms with van der Waals surface area (Å²) in [7, 11) is 1.60. The van der Waals surface area contributed by atoms with Gasteiger partial charge in [0.25, 0.3) is 0 Å². The molecule has 3 nitrogen and oxygen atoms in total. The molecule has 1 saturated heterocycles. The molecule has 1 heterocycles. The molecule has 0 bridgehead atoms. The van der Waals surface area contributed by atoms with Crippen LogP contribution in [0.3, 0.4) is 0 Å². The second-order valence-electron chi connectivity index (χ2n) is 4.57. The van der Waals surface area contributed by atoms with Gasteiger partial charge >= 0.3 is 0 Å². The van der Waals surface area contributed by atoms with E-state index in [9.17, 15) is 4.39 Å². The lowest BCUT2D eigenvalue weighted by atomic mass is 10.00. The van der Waals surface area contributed by atoms with Crippen molar-refractivity contribution in [2.75, 3.05) is 33.3 Å². The predicted octanol–water partition coefficient (Wildman–Crippen LogP) is 2.61. The molecule has 1 aliphatic rings. The van der Waals surface area contributed by atoms with Crippen LogP contribution >= 0.6 is 12.4 Å². The molecule has 2 rings (SSSR count). The van der Waals surface area contributed by atoms with E-state index in [0.717, 1.165) is 32.6 Å². The van der Waals surface area contributed by atoms with Crippen LogP contribution in [-0.2, 0) is 0 Å². The van der Waals surface area contributed by atoms with Crippen LogP contribution in [0, 0.1) is 5.82 Å². The number of hydrogen-bond donors (Lipinski definition) is 1. The fourth-order valence-electron chi connectivity index (χ4n) is 2.66. The summed E-state index contributed by atoms with van der Waals surface area (Å²) in [5, 5.41) is 3.32. The molecule has 108 valence electrons. The van der Waals surface area contributed by atoms with Crippen LogP contribution in [0.15, 0.2) is 18.2 Å². The van der Waals surface area contributed by atoms with Crippen molar-refractivity contribution >= 4 is 12.4 Å². The number of nitrogens with one attached hydrogen (secondary N) is 1. The lowest BCUT2D eigenvalue weighted by molar-refractivity contribution is 0.163. The first-order chi connectivity index (χ1) is 8.77. The quantitative estimate of drug-likeness (QED) is 0.922. The van der Waals surface area contributed by atoms with E-state index in [0.29, 0.717) is 11.3 Å². The molecule has 0 amide bonds. The maximum atomic E-state index is 14.1. The third-order valence-electron chi connectivity index (χ3n) is 3.55. The molecular formula is C14H22ClFN2O. The highest BCUT2D eigenvalue weighted by atomic mass is 35.5. The summed E-state index contributed by atoms with van der Waals surface area (Å²) in [5.74, 6) is 0.486. The molecule has 1 atom stereocenters. The Bertz CT molecular complexity index is 397. The topological polar surface area (TPSA) is 24.5 Å². The second kappa shape index (κ2) is 7.68. The number of ether oxygens (including phenoxy) is 1. The van der Waals surface area contributed by atoms with Crippen molar-refractivity contribution < 1.29 is 9.13 Å². The van der Waals surface area contributed by atoms with Gasteiger partial charge in [0.2, 0.25) is 0 Å². The van der Waals surface area contributed by atoms with Gasteiger partial charge < -0.3 is 10.1 Å². The molecule has 0 aromatic heterocycles. The van der Waals surface area contributed by atoms with Gasteiger partial charge in [0.05, 0.1) is 7.11 Å². The summed E-state index contributed by atoms with van der Waals surface area (Å²) < 4.78 is 19.4. The first kappa shape index (κ1) is 16.2. The zero-order chi connectivity index (χ0) is 13.0. The lowest BCUT2D eigenvalue weighted by Gasteiger charge is -2.35. The second-order valence-corrected chi connectivity index (χ2v) is 4.57. The van der Waals surface area contributed by atoms with E-state index >= 15 is 0 Å². The minimum absolute atomic E-state index is 0. The van der Waals surface area contributed by atoms with Crippen LogP contribution in [0.5, 0.6) is 5.75 Å². The van der Waals surface area contributed by atoms with E-state index in [4.69, 9.17) is 4.74 Å². The smallest absolute Gasteiger partial charge is 0.131 e. The van der Waals surface area contributed by atoms with Crippen LogP contribution in [0.4, 0.5) is 4.39 Å². The van der Waals surface area contributed by atoms with Crippen molar-refractivity contribution in [3.63, 3.8) is 0 Å². The number of piperazine rings is 1. The molecule has 1 aromatic rings. The Balaban J connectivity index is 0.00000180. The average Bonchev–Trinajstić information content (AvgIpc) is 2.42. The molecule has 0 aliphatic carbocycles. The van der Waals surface area contributed by atoms with Crippen molar-refractivity contribution in [1.82, 2.24) is 10.2 Å². The fourth-order valence-corrected chi connectivity index (χ4v) is 2.66. The molecule has 5 heteroatoms. The van der Waals surface area contributed by atoms with Gasteiger partial charge in [-0.3, -0.25) is 4.90 Å². The van der Waals surface area contributed by atoms with Crippen molar-refractivity contribution in [1.29, 1.82) is 0 Å². The molecule has 1 N–H and O–H groups in total. The largest absolute Gasteiger partial charge is 0.496 e. The van der Waals surface area contributed by atoms with Crippen LogP contribution in [0.1, 0.15) is 24.9 Å². The average molecular weight is 289 g/mol. The predicted molar refractivity (Wildman–Crippen MR) is 77.7 cm³/mol. The van der Waals surface area contributed by atoms with Crippen LogP contribution in [0.2, 0.25) is 0 Å². The maximum absolute atomic E-state index is 14.1. The number of nitrogens with zero attached hydrogens (tertiary/aromatic N) is 1. The molecule has 1 aliphatic heterocycles. The third kappa shape index (κ3) is 3.59. The summed E-state index contributed by atoms with van der Waals surface area (Å²) in [4.78, 5) is 2.33. The van der Waals surface area contributed by atoms with Gasteiger partial charge in [-0.2, -0.15) is 0 Å². The van der Waals surface area contributed by atoms with Gasteiger partial charge in [-0.15, -0.1) is 12.4 Å². The fraction of sp³-hybridized carbons (Fsp3) is 0.571. The summed E-state index contributed by atoms with van der Waals surface area (Å²) in [6.45, 7) is 5.94. The summed E-state index contributed by atoms with van der Waals surface area (Å²) in [6, 6.07) is 5.15. The Morgan fingerprint density at radius 2 is 2.05 bits per heavy atom. The minimum atomic E-state index is -0.167. The highest BCUT2D eigenvalue weighted by Crippen LogP contribution is 2.33. The van der Waals surface area contributed by atoms with E-state index in [-0.39, 0.29) is 24.3 Å². The summed E-state index contributed by atoms with van der Waals surface area (Å²) >= 11 is 0. The zero-order valence-corrected chi connectivity index (χ0v) is 12.3. The third-order valence-corrected chi connectivity index (χ3v) is 3.55. The van der Waals surface area contributed by atoms with E-state index < -0.39 is 0 Å². The standard InChI is InChI=1S/C14H21FN2O.ClH/c1-3-12(17-9-7-16-8-10-17)14-11(15)5-4-6-13(14)18-2;/h4-6,12,16H,3,7-10H2,1-2H3;1H/t12-;/m1./s1. The number of benzene rings is 1. The molecule has 0 unspecified atom stereocenters. The van der Waals surface area contributed by atoms with Gasteiger partial charge in [-0.05, 0) is 18.6 Å². The monoisotopic (exact) mass is 288 g/mol. The SMILES string of the molecule is CC[C@H](c1c(F)cccc1OC)N1CCNCC1.Cl. The van der Waals surface area contributed by atoms with Crippen molar-refractivity contribution in [2.24, 2.45) is 0 Å². The number of methoxy groups -OCH3 is 1. The summed E-state index contributed by atoms with van der Waals surface area (Å²) in [6.07, 6.45) is 0.886. The van der Waals surface area contributed by atoms with Crippen molar-refractivity contribution in [2.45, 2.75) is 19.4 Å². The Morgan fingerprint density at radius 1 is 1.37 bits per heavy atom. The normalized spacial score (nSPS) is 17.6. The van der Waals surface area contributed by atoms with Crippen LogP contribution in [0.25, 0.3) is 0 Å². The Kier molecular flexibility index (Phi) is 6.55. The zero-order valence-electron chi connectivity index (χ0n) is 11.5. The highest BCUT2D eigenvalue weighted by Gasteiger charge is 2.25. The minimum Gasteiger partial charge on any atom is -0.496 e. The van der Waals surface area contributed by atoms with E-state index in [1.54, 1.807) is 13.2 Å². The molecule has 1 aromatic carbocycles. The van der Waals surface area contributed by atoms with E-state index in [1.165, 1.54) is 6.07 Å². The number of halogens is 2. The molecule has 0 spiro atoms. The van der Waals surface area contributed by atoms with Gasteiger partial charge in [-0.25, -0.2) is 4.39 Å². The van der Waals surface area contributed by atoms with Crippen LogP contribution < -0.4 is 10.1 Å². The van der Waals surface area contributed by atoms with E-state index in [2.05, 4.69) is 17.1 Å². The molecule has 19 heavy (non-hydrogen) atoms. The Hall–Kier alpha value is -0.840. The van der Waals surface area contributed by atoms with E-state index in [1.807, 2.05) is 6.07 Å². The Morgan fingerprint density at radius 3 is 2.63 bits per heavy atom. The molecule has 1 fully saturated rings. The van der Waals surface area contributed by atoms with Crippen LogP contribution in [-0.4, -0.2) is 38.2 Å².